The summed E-state index contributed by atoms with van der Waals surface area (Å²) >= 11 is 1.16. The highest BCUT2D eigenvalue weighted by Crippen LogP contribution is 2.34. The van der Waals surface area contributed by atoms with Gasteiger partial charge >= 0.3 is 6.18 Å². The van der Waals surface area contributed by atoms with Crippen molar-refractivity contribution in [1.82, 2.24) is 14.8 Å². The zero-order valence-electron chi connectivity index (χ0n) is 14.8. The minimum Gasteiger partial charge on any atom is -0.298 e. The molecular weight excluding hydrogens is 377 g/mol. The molecule has 1 aromatic carbocycles. The number of anilines is 1. The standard InChI is InChI=1S/C18H17F3N4OS/c1-17(2,3)13-10-27-16(23-13)24-15(26)12-9-22-25(14(12)18(19,20)21)11-7-5-4-6-8-11/h4-10H,1-3H3,(H,23,24,26). The lowest BCUT2D eigenvalue weighted by molar-refractivity contribution is -0.143. The van der Waals surface area contributed by atoms with Crippen molar-refractivity contribution < 1.29 is 18.0 Å². The normalized spacial score (nSPS) is 12.2. The fourth-order valence-corrected chi connectivity index (χ4v) is 3.32. The third-order valence-corrected chi connectivity index (χ3v) is 4.53. The largest absolute Gasteiger partial charge is 0.434 e. The van der Waals surface area contributed by atoms with E-state index in [0.29, 0.717) is 0 Å². The van der Waals surface area contributed by atoms with Crippen LogP contribution in [-0.4, -0.2) is 20.7 Å². The average Bonchev–Trinajstić information content (AvgIpc) is 3.21. The summed E-state index contributed by atoms with van der Waals surface area (Å²) in [5.41, 5.74) is -0.945. The Kier molecular flexibility index (Phi) is 4.81. The molecule has 2 heterocycles. The van der Waals surface area contributed by atoms with Crippen LogP contribution in [0.3, 0.4) is 0 Å². The van der Waals surface area contributed by atoms with Crippen molar-refractivity contribution in [3.05, 3.63) is 58.9 Å². The fourth-order valence-electron chi connectivity index (χ4n) is 2.39. The molecule has 0 fully saturated rings. The molecule has 3 aromatic rings. The number of nitrogens with zero attached hydrogens (tertiary/aromatic N) is 3. The van der Waals surface area contributed by atoms with Crippen molar-refractivity contribution in [3.63, 3.8) is 0 Å². The van der Waals surface area contributed by atoms with Gasteiger partial charge in [-0.25, -0.2) is 9.67 Å². The Bertz CT molecular complexity index is 955. The van der Waals surface area contributed by atoms with Crippen molar-refractivity contribution in [2.45, 2.75) is 32.4 Å². The number of aromatic nitrogens is 3. The maximum atomic E-state index is 13.6. The molecule has 2 aromatic heterocycles. The predicted octanol–water partition coefficient (Wildman–Crippen LogP) is 4.90. The summed E-state index contributed by atoms with van der Waals surface area (Å²) in [6, 6.07) is 7.85. The second-order valence-electron chi connectivity index (χ2n) is 6.89. The van der Waals surface area contributed by atoms with E-state index in [1.54, 1.807) is 23.6 Å². The van der Waals surface area contributed by atoms with E-state index in [4.69, 9.17) is 0 Å². The summed E-state index contributed by atoms with van der Waals surface area (Å²) in [5.74, 6) is -0.903. The van der Waals surface area contributed by atoms with E-state index in [2.05, 4.69) is 15.4 Å². The molecule has 5 nitrogen and oxygen atoms in total. The molecule has 3 rings (SSSR count). The molecule has 0 saturated heterocycles. The molecule has 0 aliphatic heterocycles. The lowest BCUT2D eigenvalue weighted by Gasteiger charge is -2.14. The number of benzene rings is 1. The number of halogens is 3. The van der Waals surface area contributed by atoms with E-state index in [1.165, 1.54) is 12.1 Å². The van der Waals surface area contributed by atoms with Gasteiger partial charge in [-0.05, 0) is 12.1 Å². The summed E-state index contributed by atoms with van der Waals surface area (Å²) < 4.78 is 41.6. The monoisotopic (exact) mass is 394 g/mol. The van der Waals surface area contributed by atoms with Crippen molar-refractivity contribution in [1.29, 1.82) is 0 Å². The average molecular weight is 394 g/mol. The third kappa shape index (κ3) is 4.02. The van der Waals surface area contributed by atoms with E-state index >= 15 is 0 Å². The Labute approximate surface area is 157 Å². The van der Waals surface area contributed by atoms with Crippen LogP contribution in [0, 0.1) is 0 Å². The minimum absolute atomic E-state index is 0.216. The van der Waals surface area contributed by atoms with Crippen LogP contribution in [0.1, 0.15) is 42.5 Å². The molecule has 0 atom stereocenters. The number of carbonyl (C=O) groups is 1. The van der Waals surface area contributed by atoms with Gasteiger partial charge in [-0.1, -0.05) is 39.0 Å². The van der Waals surface area contributed by atoms with Crippen LogP contribution in [-0.2, 0) is 11.6 Å². The van der Waals surface area contributed by atoms with Crippen molar-refractivity contribution in [2.75, 3.05) is 5.32 Å². The summed E-state index contributed by atoms with van der Waals surface area (Å²) in [7, 11) is 0. The molecule has 0 unspecified atom stereocenters. The van der Waals surface area contributed by atoms with Gasteiger partial charge in [0.2, 0.25) is 0 Å². The molecule has 0 spiro atoms. The first kappa shape index (κ1) is 19.1. The van der Waals surface area contributed by atoms with Crippen molar-refractivity contribution in [3.8, 4) is 5.69 Å². The topological polar surface area (TPSA) is 59.8 Å². The van der Waals surface area contributed by atoms with E-state index < -0.39 is 23.3 Å². The van der Waals surface area contributed by atoms with Crippen LogP contribution in [0.15, 0.2) is 41.9 Å². The second kappa shape index (κ2) is 6.80. The lowest BCUT2D eigenvalue weighted by Crippen LogP contribution is -2.21. The molecular formula is C18H17F3N4OS. The Morgan fingerprint density at radius 3 is 2.37 bits per heavy atom. The highest BCUT2D eigenvalue weighted by atomic mass is 32.1. The molecule has 27 heavy (non-hydrogen) atoms. The number of thiazole rings is 1. The third-order valence-electron chi connectivity index (χ3n) is 3.78. The number of para-hydroxylation sites is 1. The van der Waals surface area contributed by atoms with Gasteiger partial charge in [-0.2, -0.15) is 18.3 Å². The predicted molar refractivity (Wildman–Crippen MR) is 97.3 cm³/mol. The quantitative estimate of drug-likeness (QED) is 0.688. The van der Waals surface area contributed by atoms with Gasteiger partial charge in [0.15, 0.2) is 10.8 Å². The zero-order chi connectivity index (χ0) is 19.8. The van der Waals surface area contributed by atoms with E-state index in [9.17, 15) is 18.0 Å². The van der Waals surface area contributed by atoms with Crippen LogP contribution in [0.25, 0.3) is 5.69 Å². The van der Waals surface area contributed by atoms with Crippen LogP contribution in [0.4, 0.5) is 18.3 Å². The first-order chi connectivity index (χ1) is 12.6. The molecule has 9 heteroatoms. The molecule has 142 valence electrons. The van der Waals surface area contributed by atoms with E-state index in [-0.39, 0.29) is 16.2 Å². The van der Waals surface area contributed by atoms with Gasteiger partial charge in [0, 0.05) is 10.8 Å². The van der Waals surface area contributed by atoms with Gasteiger partial charge in [0.25, 0.3) is 5.91 Å². The molecule has 1 amide bonds. The number of hydrogen-bond acceptors (Lipinski definition) is 4. The van der Waals surface area contributed by atoms with Gasteiger partial charge in [-0.15, -0.1) is 11.3 Å². The van der Waals surface area contributed by atoms with Gasteiger partial charge in [-0.3, -0.25) is 10.1 Å². The Morgan fingerprint density at radius 2 is 1.81 bits per heavy atom. The molecule has 0 radical (unpaired) electrons. The highest BCUT2D eigenvalue weighted by Gasteiger charge is 2.40. The number of alkyl halides is 3. The fraction of sp³-hybridized carbons (Fsp3) is 0.278. The molecule has 0 aliphatic carbocycles. The van der Waals surface area contributed by atoms with E-state index in [1.807, 2.05) is 20.8 Å². The van der Waals surface area contributed by atoms with Gasteiger partial charge in [0.05, 0.1) is 23.1 Å². The van der Waals surface area contributed by atoms with Crippen molar-refractivity contribution >= 4 is 22.4 Å². The Morgan fingerprint density at radius 1 is 1.15 bits per heavy atom. The minimum atomic E-state index is -4.75. The number of carbonyl (C=O) groups excluding carboxylic acids is 1. The summed E-state index contributed by atoms with van der Waals surface area (Å²) in [5, 5.41) is 8.23. The zero-order valence-corrected chi connectivity index (χ0v) is 15.6. The van der Waals surface area contributed by atoms with Crippen molar-refractivity contribution in [2.24, 2.45) is 0 Å². The highest BCUT2D eigenvalue weighted by molar-refractivity contribution is 7.14. The number of hydrogen-bond donors (Lipinski definition) is 1. The molecule has 0 aliphatic rings. The molecule has 1 N–H and O–H groups in total. The first-order valence-electron chi connectivity index (χ1n) is 8.05. The summed E-state index contributed by atoms with van der Waals surface area (Å²) in [6.07, 6.45) is -3.83. The number of rotatable bonds is 3. The summed E-state index contributed by atoms with van der Waals surface area (Å²) in [6.45, 7) is 5.87. The SMILES string of the molecule is CC(C)(C)c1csc(NC(=O)c2cnn(-c3ccccc3)c2C(F)(F)F)n1. The summed E-state index contributed by atoms with van der Waals surface area (Å²) in [4.78, 5) is 16.8. The van der Waals surface area contributed by atoms with Gasteiger partial charge < -0.3 is 0 Å². The first-order valence-corrected chi connectivity index (χ1v) is 8.93. The maximum absolute atomic E-state index is 13.6. The molecule has 0 bridgehead atoms. The number of amides is 1. The Hall–Kier alpha value is -2.68. The van der Waals surface area contributed by atoms with Crippen LogP contribution in [0.2, 0.25) is 0 Å². The lowest BCUT2D eigenvalue weighted by atomic mass is 9.93. The van der Waals surface area contributed by atoms with Crippen LogP contribution < -0.4 is 5.32 Å². The van der Waals surface area contributed by atoms with E-state index in [0.717, 1.165) is 27.9 Å². The Balaban J connectivity index is 1.96. The maximum Gasteiger partial charge on any atom is 0.434 e. The van der Waals surface area contributed by atoms with Crippen LogP contribution >= 0.6 is 11.3 Å². The second-order valence-corrected chi connectivity index (χ2v) is 7.75. The molecule has 0 saturated carbocycles. The number of nitrogens with one attached hydrogen (secondary N) is 1. The smallest absolute Gasteiger partial charge is 0.298 e. The van der Waals surface area contributed by atoms with Crippen LogP contribution in [0.5, 0.6) is 0 Å². The van der Waals surface area contributed by atoms with Gasteiger partial charge in [0.1, 0.15) is 0 Å².